The number of aliphatic hydroxyl groups is 1. The molecule has 0 amide bonds. The van der Waals surface area contributed by atoms with E-state index in [1.807, 2.05) is 0 Å². The molecule has 1 N–H and O–H groups in total. The van der Waals surface area contributed by atoms with Crippen LogP contribution in [0.2, 0.25) is 0 Å². The quantitative estimate of drug-likeness (QED) is 0.314. The zero-order valence-electron chi connectivity index (χ0n) is 19.4. The molecule has 0 heterocycles. The van der Waals surface area contributed by atoms with Crippen LogP contribution in [0.3, 0.4) is 0 Å². The van der Waals surface area contributed by atoms with Crippen LogP contribution in [-0.2, 0) is 0 Å². The summed E-state index contributed by atoms with van der Waals surface area (Å²) in [5, 5.41) is 11.4. The van der Waals surface area contributed by atoms with Crippen molar-refractivity contribution in [2.24, 2.45) is 46.3 Å². The summed E-state index contributed by atoms with van der Waals surface area (Å²) in [7, 11) is 0. The predicted molar refractivity (Wildman–Crippen MR) is 127 cm³/mol. The average molecular weight is 466 g/mol. The Bertz CT molecular complexity index is 614. The number of halogens is 1. The van der Waals surface area contributed by atoms with Crippen LogP contribution in [-0.4, -0.2) is 16.5 Å². The van der Waals surface area contributed by atoms with Crippen molar-refractivity contribution in [3.05, 3.63) is 11.6 Å². The van der Waals surface area contributed by atoms with E-state index in [-0.39, 0.29) is 6.10 Å². The average Bonchev–Trinajstić information content (AvgIpc) is 3.05. The highest BCUT2D eigenvalue weighted by Crippen LogP contribution is 2.67. The molecule has 0 saturated heterocycles. The first-order chi connectivity index (χ1) is 13.8. The second kappa shape index (κ2) is 8.61. The van der Waals surface area contributed by atoms with Crippen LogP contribution in [0.5, 0.6) is 0 Å². The van der Waals surface area contributed by atoms with Crippen molar-refractivity contribution in [3.63, 3.8) is 0 Å². The molecule has 4 aliphatic rings. The Hall–Kier alpha value is 0.180. The van der Waals surface area contributed by atoms with E-state index in [0.717, 1.165) is 53.7 Å². The maximum Gasteiger partial charge on any atom is 0.0577 e. The number of allylic oxidation sites excluding steroid dienone is 1. The summed E-state index contributed by atoms with van der Waals surface area (Å²) in [4.78, 5) is 0. The fraction of sp³-hybridized carbons (Fsp3) is 0.926. The highest BCUT2D eigenvalue weighted by molar-refractivity contribution is 9.09. The van der Waals surface area contributed by atoms with E-state index in [1.165, 1.54) is 57.8 Å². The van der Waals surface area contributed by atoms with E-state index in [4.69, 9.17) is 0 Å². The van der Waals surface area contributed by atoms with E-state index in [0.29, 0.717) is 10.8 Å². The largest absolute Gasteiger partial charge is 0.393 e. The Morgan fingerprint density at radius 2 is 1.86 bits per heavy atom. The molecule has 0 spiro atoms. The lowest BCUT2D eigenvalue weighted by molar-refractivity contribution is -0.0573. The number of aliphatic hydroxyl groups excluding tert-OH is 1. The van der Waals surface area contributed by atoms with Crippen LogP contribution in [0.25, 0.3) is 0 Å². The molecule has 166 valence electrons. The Morgan fingerprint density at radius 3 is 2.62 bits per heavy atom. The van der Waals surface area contributed by atoms with E-state index < -0.39 is 0 Å². The Morgan fingerprint density at radius 1 is 1.07 bits per heavy atom. The van der Waals surface area contributed by atoms with Crippen molar-refractivity contribution < 1.29 is 5.11 Å². The zero-order chi connectivity index (χ0) is 20.8. The minimum Gasteiger partial charge on any atom is -0.393 e. The van der Waals surface area contributed by atoms with Gasteiger partial charge in [-0.05, 0) is 104 Å². The number of alkyl halides is 1. The summed E-state index contributed by atoms with van der Waals surface area (Å²) in [6, 6.07) is 0. The van der Waals surface area contributed by atoms with Gasteiger partial charge in [-0.3, -0.25) is 0 Å². The molecule has 4 rings (SSSR count). The van der Waals surface area contributed by atoms with Gasteiger partial charge in [-0.25, -0.2) is 0 Å². The van der Waals surface area contributed by atoms with Crippen LogP contribution in [0.15, 0.2) is 11.6 Å². The molecule has 0 radical (unpaired) electrons. The molecular formula is C27H45BrO. The van der Waals surface area contributed by atoms with Crippen LogP contribution in [0, 0.1) is 46.3 Å². The topological polar surface area (TPSA) is 20.2 Å². The van der Waals surface area contributed by atoms with Crippen LogP contribution in [0.4, 0.5) is 0 Å². The lowest BCUT2D eigenvalue weighted by Crippen LogP contribution is -2.50. The first-order valence-electron chi connectivity index (χ1n) is 12.7. The molecule has 0 aliphatic heterocycles. The van der Waals surface area contributed by atoms with Gasteiger partial charge >= 0.3 is 0 Å². The Labute approximate surface area is 188 Å². The van der Waals surface area contributed by atoms with Gasteiger partial charge in [0, 0.05) is 5.33 Å². The van der Waals surface area contributed by atoms with Gasteiger partial charge in [-0.1, -0.05) is 68.1 Å². The maximum atomic E-state index is 10.2. The minimum absolute atomic E-state index is 0.0799. The summed E-state index contributed by atoms with van der Waals surface area (Å²) in [5.41, 5.74) is 2.58. The van der Waals surface area contributed by atoms with E-state index in [2.05, 4.69) is 49.7 Å². The second-order valence-corrected chi connectivity index (χ2v) is 12.7. The molecule has 0 aromatic carbocycles. The highest BCUT2D eigenvalue weighted by Gasteiger charge is 2.59. The van der Waals surface area contributed by atoms with E-state index in [9.17, 15) is 5.11 Å². The molecular weight excluding hydrogens is 420 g/mol. The zero-order valence-corrected chi connectivity index (χ0v) is 21.0. The molecule has 3 fully saturated rings. The lowest BCUT2D eigenvalue weighted by Gasteiger charge is -2.58. The third-order valence-corrected chi connectivity index (χ3v) is 11.6. The molecule has 0 aromatic rings. The molecule has 1 unspecified atom stereocenters. The third-order valence-electron chi connectivity index (χ3n) is 10.5. The fourth-order valence-electron chi connectivity index (χ4n) is 8.68. The first kappa shape index (κ1) is 22.4. The molecule has 0 aromatic heterocycles. The summed E-state index contributed by atoms with van der Waals surface area (Å²) >= 11 is 3.65. The number of hydrogen-bond donors (Lipinski definition) is 1. The van der Waals surface area contributed by atoms with Gasteiger partial charge in [-0.2, -0.15) is 0 Å². The standard InChI is InChI=1S/C27H45BrO/c1-18(17-28)6-5-7-19(2)23-10-11-24-22-9-8-20-16-21(29)12-14-26(20,3)25(22)13-15-27(23,24)4/h8,18-19,21-25,29H,5-7,9-17H2,1-4H3/t18?,19-,21+,22+,23-,24+,25+,26+,27-/m1/s1. The summed E-state index contributed by atoms with van der Waals surface area (Å²) in [6.07, 6.45) is 17.1. The summed E-state index contributed by atoms with van der Waals surface area (Å²) < 4.78 is 0. The molecule has 0 bridgehead atoms. The lowest BCUT2D eigenvalue weighted by atomic mass is 9.47. The highest BCUT2D eigenvalue weighted by atomic mass is 79.9. The third kappa shape index (κ3) is 3.92. The number of rotatable bonds is 6. The van der Waals surface area contributed by atoms with E-state index in [1.54, 1.807) is 5.57 Å². The van der Waals surface area contributed by atoms with Crippen molar-refractivity contribution in [2.75, 3.05) is 5.33 Å². The normalized spacial score (nSPS) is 46.3. The smallest absolute Gasteiger partial charge is 0.0577 e. The van der Waals surface area contributed by atoms with Gasteiger partial charge in [0.2, 0.25) is 0 Å². The molecule has 29 heavy (non-hydrogen) atoms. The predicted octanol–water partition coefficient (Wildman–Crippen LogP) is 7.76. The van der Waals surface area contributed by atoms with Gasteiger partial charge in [0.15, 0.2) is 0 Å². The summed E-state index contributed by atoms with van der Waals surface area (Å²) in [5.74, 6) is 5.38. The van der Waals surface area contributed by atoms with Crippen LogP contribution < -0.4 is 0 Å². The second-order valence-electron chi connectivity index (χ2n) is 12.1. The first-order valence-corrected chi connectivity index (χ1v) is 13.8. The molecule has 9 atom stereocenters. The monoisotopic (exact) mass is 464 g/mol. The fourth-order valence-corrected chi connectivity index (χ4v) is 9.01. The van der Waals surface area contributed by atoms with Gasteiger partial charge in [-0.15, -0.1) is 0 Å². The van der Waals surface area contributed by atoms with Crippen molar-refractivity contribution in [2.45, 2.75) is 104 Å². The van der Waals surface area contributed by atoms with Crippen molar-refractivity contribution in [3.8, 4) is 0 Å². The molecule has 3 saturated carbocycles. The molecule has 4 aliphatic carbocycles. The number of fused-ring (bicyclic) bond motifs is 5. The van der Waals surface area contributed by atoms with Gasteiger partial charge in [0.25, 0.3) is 0 Å². The van der Waals surface area contributed by atoms with E-state index >= 15 is 0 Å². The van der Waals surface area contributed by atoms with Crippen molar-refractivity contribution >= 4 is 15.9 Å². The van der Waals surface area contributed by atoms with Crippen LogP contribution >= 0.6 is 15.9 Å². The van der Waals surface area contributed by atoms with Crippen molar-refractivity contribution in [1.82, 2.24) is 0 Å². The van der Waals surface area contributed by atoms with Crippen LogP contribution in [0.1, 0.15) is 98.3 Å². The Kier molecular flexibility index (Phi) is 6.64. The van der Waals surface area contributed by atoms with Gasteiger partial charge in [0.1, 0.15) is 0 Å². The SMILES string of the molecule is CC(CBr)CCC[C@@H](C)[C@H]1CC[C@H]2[C@@H]3CC=C4C[C@@H](O)CC[C@]4(C)[C@H]3CC[C@]12C. The molecule has 2 heteroatoms. The maximum absolute atomic E-state index is 10.2. The number of hydrogen-bond acceptors (Lipinski definition) is 1. The van der Waals surface area contributed by atoms with Crippen molar-refractivity contribution in [1.29, 1.82) is 0 Å². The Balaban J connectivity index is 1.46. The minimum atomic E-state index is -0.0799. The van der Waals surface area contributed by atoms with Gasteiger partial charge in [0.05, 0.1) is 6.10 Å². The summed E-state index contributed by atoms with van der Waals surface area (Å²) in [6.45, 7) is 10.2. The molecule has 1 nitrogen and oxygen atoms in total. The van der Waals surface area contributed by atoms with Gasteiger partial charge < -0.3 is 5.11 Å².